The maximum atomic E-state index is 11.4. The van der Waals surface area contributed by atoms with Crippen LogP contribution >= 0.6 is 0 Å². The molecule has 1 aliphatic heterocycles. The van der Waals surface area contributed by atoms with Crippen LogP contribution in [0.15, 0.2) is 42.0 Å². The van der Waals surface area contributed by atoms with E-state index < -0.39 is 17.9 Å². The summed E-state index contributed by atoms with van der Waals surface area (Å²) in [7, 11) is 0. The lowest BCUT2D eigenvalue weighted by atomic mass is 10.2. The average molecular weight is 232 g/mol. The SMILES string of the molecule is O=C1C=C(C(=O)OCc2ccccc2)C(=O)O1. The summed E-state index contributed by atoms with van der Waals surface area (Å²) in [4.78, 5) is 33.2. The highest BCUT2D eigenvalue weighted by Gasteiger charge is 2.30. The molecule has 0 bridgehead atoms. The molecule has 5 heteroatoms. The van der Waals surface area contributed by atoms with E-state index in [0.717, 1.165) is 11.6 Å². The highest BCUT2D eigenvalue weighted by Crippen LogP contribution is 2.11. The van der Waals surface area contributed by atoms with E-state index in [1.54, 1.807) is 24.3 Å². The molecule has 0 radical (unpaired) electrons. The molecule has 0 aliphatic carbocycles. The number of cyclic esters (lactones) is 2. The molecule has 0 aromatic heterocycles. The molecule has 0 spiro atoms. The van der Waals surface area contributed by atoms with Crippen molar-refractivity contribution in [1.82, 2.24) is 0 Å². The first-order valence-corrected chi connectivity index (χ1v) is 4.86. The molecule has 5 nitrogen and oxygen atoms in total. The first kappa shape index (κ1) is 11.1. The van der Waals surface area contributed by atoms with Crippen LogP contribution in [0.3, 0.4) is 0 Å². The Hall–Kier alpha value is -2.43. The minimum atomic E-state index is -0.965. The van der Waals surface area contributed by atoms with Crippen molar-refractivity contribution in [3.63, 3.8) is 0 Å². The van der Waals surface area contributed by atoms with Crippen LogP contribution < -0.4 is 0 Å². The molecule has 1 heterocycles. The smallest absolute Gasteiger partial charge is 0.353 e. The Balaban J connectivity index is 1.97. The molecule has 0 atom stereocenters. The van der Waals surface area contributed by atoms with Gasteiger partial charge < -0.3 is 9.47 Å². The Morgan fingerprint density at radius 3 is 2.47 bits per heavy atom. The van der Waals surface area contributed by atoms with Gasteiger partial charge in [0.05, 0.1) is 0 Å². The second-order valence-electron chi connectivity index (χ2n) is 3.33. The average Bonchev–Trinajstić information content (AvgIpc) is 2.67. The second-order valence-corrected chi connectivity index (χ2v) is 3.33. The summed E-state index contributed by atoms with van der Waals surface area (Å²) in [5, 5.41) is 0. The third kappa shape index (κ3) is 2.57. The summed E-state index contributed by atoms with van der Waals surface area (Å²) in [6.45, 7) is 0.0402. The molecule has 1 aliphatic rings. The van der Waals surface area contributed by atoms with E-state index in [-0.39, 0.29) is 12.2 Å². The van der Waals surface area contributed by atoms with E-state index in [2.05, 4.69) is 4.74 Å². The van der Waals surface area contributed by atoms with E-state index in [9.17, 15) is 14.4 Å². The predicted molar refractivity (Wildman–Crippen MR) is 55.4 cm³/mol. The summed E-state index contributed by atoms with van der Waals surface area (Å²) in [6, 6.07) is 8.99. The van der Waals surface area contributed by atoms with Crippen LogP contribution in [0.1, 0.15) is 5.56 Å². The van der Waals surface area contributed by atoms with Gasteiger partial charge in [0.15, 0.2) is 5.57 Å². The van der Waals surface area contributed by atoms with Crippen LogP contribution in [0.2, 0.25) is 0 Å². The monoisotopic (exact) mass is 232 g/mol. The lowest BCUT2D eigenvalue weighted by molar-refractivity contribution is -0.152. The highest BCUT2D eigenvalue weighted by atomic mass is 16.6. The molecular weight excluding hydrogens is 224 g/mol. The van der Waals surface area contributed by atoms with E-state index in [1.807, 2.05) is 6.07 Å². The lowest BCUT2D eigenvalue weighted by Gasteiger charge is -2.03. The van der Waals surface area contributed by atoms with Crippen molar-refractivity contribution in [2.75, 3.05) is 0 Å². The number of hydrogen-bond donors (Lipinski definition) is 0. The first-order valence-electron chi connectivity index (χ1n) is 4.86. The third-order valence-corrected chi connectivity index (χ3v) is 2.11. The minimum absolute atomic E-state index is 0.0402. The topological polar surface area (TPSA) is 69.7 Å². The Morgan fingerprint density at radius 1 is 1.18 bits per heavy atom. The van der Waals surface area contributed by atoms with Gasteiger partial charge in [-0.05, 0) is 5.56 Å². The maximum Gasteiger partial charge on any atom is 0.353 e. The summed E-state index contributed by atoms with van der Waals surface area (Å²) in [6.07, 6.45) is 0.829. The van der Waals surface area contributed by atoms with Crippen molar-refractivity contribution in [3.05, 3.63) is 47.5 Å². The molecule has 2 rings (SSSR count). The number of carbonyl (C=O) groups is 3. The van der Waals surface area contributed by atoms with Gasteiger partial charge in [-0.2, -0.15) is 0 Å². The molecule has 0 N–H and O–H groups in total. The molecular formula is C12H8O5. The zero-order valence-corrected chi connectivity index (χ0v) is 8.71. The molecule has 0 fully saturated rings. The summed E-state index contributed by atoms with van der Waals surface area (Å²) < 4.78 is 9.05. The van der Waals surface area contributed by atoms with Crippen molar-refractivity contribution in [3.8, 4) is 0 Å². The third-order valence-electron chi connectivity index (χ3n) is 2.11. The summed E-state index contributed by atoms with van der Waals surface area (Å²) >= 11 is 0. The standard InChI is InChI=1S/C12H8O5/c13-10-6-9(12(15)17-10)11(14)16-7-8-4-2-1-3-5-8/h1-6H,7H2. The van der Waals surface area contributed by atoms with Crippen LogP contribution in [0.5, 0.6) is 0 Å². The van der Waals surface area contributed by atoms with Crippen molar-refractivity contribution in [2.24, 2.45) is 0 Å². The van der Waals surface area contributed by atoms with Gasteiger partial charge in [0.25, 0.3) is 0 Å². The number of carbonyl (C=O) groups excluding carboxylic acids is 3. The first-order chi connectivity index (χ1) is 8.16. The second kappa shape index (κ2) is 4.61. The summed E-state index contributed by atoms with van der Waals surface area (Å²) in [5.41, 5.74) is 0.421. The molecule has 1 aromatic carbocycles. The Bertz CT molecular complexity index is 501. The van der Waals surface area contributed by atoms with Gasteiger partial charge in [-0.1, -0.05) is 30.3 Å². The Morgan fingerprint density at radius 2 is 1.88 bits per heavy atom. The molecule has 17 heavy (non-hydrogen) atoms. The largest absolute Gasteiger partial charge is 0.457 e. The zero-order chi connectivity index (χ0) is 12.3. The van der Waals surface area contributed by atoms with Crippen LogP contribution in [0.25, 0.3) is 0 Å². The predicted octanol–water partition coefficient (Wildman–Crippen LogP) is 0.740. The summed E-state index contributed by atoms with van der Waals surface area (Å²) in [5.74, 6) is -2.67. The fraction of sp³-hybridized carbons (Fsp3) is 0.0833. The van der Waals surface area contributed by atoms with Gasteiger partial charge in [0, 0.05) is 6.08 Å². The molecule has 0 saturated heterocycles. The van der Waals surface area contributed by atoms with Gasteiger partial charge in [-0.3, -0.25) is 0 Å². The van der Waals surface area contributed by atoms with Gasteiger partial charge >= 0.3 is 17.9 Å². The molecule has 0 saturated carbocycles. The number of benzene rings is 1. The molecule has 1 aromatic rings. The van der Waals surface area contributed by atoms with Gasteiger partial charge in [-0.15, -0.1) is 0 Å². The lowest BCUT2D eigenvalue weighted by Crippen LogP contribution is -2.13. The van der Waals surface area contributed by atoms with E-state index >= 15 is 0 Å². The van der Waals surface area contributed by atoms with Crippen molar-refractivity contribution in [1.29, 1.82) is 0 Å². The van der Waals surface area contributed by atoms with Gasteiger partial charge in [0.2, 0.25) is 0 Å². The number of esters is 3. The number of ether oxygens (including phenoxy) is 2. The normalized spacial score (nSPS) is 14.2. The number of hydrogen-bond acceptors (Lipinski definition) is 5. The zero-order valence-electron chi connectivity index (χ0n) is 8.71. The minimum Gasteiger partial charge on any atom is -0.457 e. The van der Waals surface area contributed by atoms with Crippen molar-refractivity contribution >= 4 is 17.9 Å². The molecule has 0 amide bonds. The molecule has 86 valence electrons. The highest BCUT2D eigenvalue weighted by molar-refractivity contribution is 6.23. The Kier molecular flexibility index (Phi) is 3.00. The van der Waals surface area contributed by atoms with E-state index in [1.165, 1.54) is 0 Å². The fourth-order valence-electron chi connectivity index (χ4n) is 1.30. The molecule has 0 unspecified atom stereocenters. The van der Waals surface area contributed by atoms with E-state index in [4.69, 9.17) is 4.74 Å². The van der Waals surface area contributed by atoms with Crippen molar-refractivity contribution < 1.29 is 23.9 Å². The van der Waals surface area contributed by atoms with Crippen LogP contribution in [-0.4, -0.2) is 17.9 Å². The Labute approximate surface area is 96.6 Å². The number of rotatable bonds is 3. The van der Waals surface area contributed by atoms with Gasteiger partial charge in [0.1, 0.15) is 6.61 Å². The maximum absolute atomic E-state index is 11.4. The quantitative estimate of drug-likeness (QED) is 0.436. The van der Waals surface area contributed by atoms with Crippen LogP contribution in [-0.2, 0) is 30.5 Å². The van der Waals surface area contributed by atoms with Crippen LogP contribution in [0.4, 0.5) is 0 Å². The van der Waals surface area contributed by atoms with Crippen LogP contribution in [0, 0.1) is 0 Å². The van der Waals surface area contributed by atoms with E-state index in [0.29, 0.717) is 0 Å². The fourth-order valence-corrected chi connectivity index (χ4v) is 1.30. The van der Waals surface area contributed by atoms with Crippen molar-refractivity contribution in [2.45, 2.75) is 6.61 Å². The van der Waals surface area contributed by atoms with Gasteiger partial charge in [-0.25, -0.2) is 14.4 Å².